The van der Waals surface area contributed by atoms with Crippen molar-refractivity contribution in [3.8, 4) is 5.75 Å². The van der Waals surface area contributed by atoms with Gasteiger partial charge in [0, 0.05) is 24.3 Å². The molecular formula is C15H23BrN2O. The van der Waals surface area contributed by atoms with E-state index < -0.39 is 0 Å². The number of anilines is 1. The van der Waals surface area contributed by atoms with Crippen LogP contribution in [0.4, 0.5) is 5.69 Å². The number of benzene rings is 1. The molecule has 0 aromatic heterocycles. The summed E-state index contributed by atoms with van der Waals surface area (Å²) in [6, 6.07) is 7.48. The van der Waals surface area contributed by atoms with E-state index in [1.54, 1.807) is 7.11 Å². The van der Waals surface area contributed by atoms with Crippen LogP contribution in [0.1, 0.15) is 20.3 Å². The minimum absolute atomic E-state index is 0.534. The first-order chi connectivity index (χ1) is 9.08. The van der Waals surface area contributed by atoms with Crippen LogP contribution in [0.15, 0.2) is 22.7 Å². The SMILES string of the molecule is CNC1CCN(c2ccc(OC)c(Br)c2)C(C)C1C. The quantitative estimate of drug-likeness (QED) is 0.922. The number of nitrogens with zero attached hydrogens (tertiary/aromatic N) is 1. The highest BCUT2D eigenvalue weighted by atomic mass is 79.9. The number of ether oxygens (including phenoxy) is 1. The van der Waals surface area contributed by atoms with Crippen LogP contribution in [-0.2, 0) is 0 Å². The van der Waals surface area contributed by atoms with Crippen LogP contribution in [0.25, 0.3) is 0 Å². The molecule has 1 heterocycles. The molecular weight excluding hydrogens is 304 g/mol. The summed E-state index contributed by atoms with van der Waals surface area (Å²) in [5, 5.41) is 3.43. The molecule has 2 rings (SSSR count). The van der Waals surface area contributed by atoms with Gasteiger partial charge in [0.15, 0.2) is 0 Å². The number of hydrogen-bond acceptors (Lipinski definition) is 3. The molecule has 1 aliphatic rings. The average molecular weight is 327 g/mol. The predicted octanol–water partition coefficient (Wildman–Crippen LogP) is 3.28. The van der Waals surface area contributed by atoms with Crippen molar-refractivity contribution in [1.29, 1.82) is 0 Å². The Labute approximate surface area is 124 Å². The summed E-state index contributed by atoms with van der Waals surface area (Å²) in [6.07, 6.45) is 1.19. The molecule has 1 aliphatic heterocycles. The van der Waals surface area contributed by atoms with Crippen LogP contribution >= 0.6 is 15.9 Å². The normalized spacial score (nSPS) is 27.4. The average Bonchev–Trinajstić information content (AvgIpc) is 2.41. The number of halogens is 1. The van der Waals surface area contributed by atoms with E-state index in [-0.39, 0.29) is 0 Å². The molecule has 3 nitrogen and oxygen atoms in total. The molecule has 1 saturated heterocycles. The molecule has 19 heavy (non-hydrogen) atoms. The van der Waals surface area contributed by atoms with Gasteiger partial charge in [0.05, 0.1) is 11.6 Å². The molecule has 1 N–H and O–H groups in total. The number of hydrogen-bond donors (Lipinski definition) is 1. The van der Waals surface area contributed by atoms with Crippen molar-refractivity contribution in [2.45, 2.75) is 32.4 Å². The van der Waals surface area contributed by atoms with Gasteiger partial charge in [0.25, 0.3) is 0 Å². The molecule has 0 radical (unpaired) electrons. The van der Waals surface area contributed by atoms with Crippen LogP contribution < -0.4 is 15.0 Å². The van der Waals surface area contributed by atoms with Gasteiger partial charge in [-0.15, -0.1) is 0 Å². The third-order valence-electron chi connectivity index (χ3n) is 4.41. The predicted molar refractivity (Wildman–Crippen MR) is 84.1 cm³/mol. The number of methoxy groups -OCH3 is 1. The molecule has 4 heteroatoms. The first-order valence-electron chi connectivity index (χ1n) is 6.86. The lowest BCUT2D eigenvalue weighted by atomic mass is 9.87. The lowest BCUT2D eigenvalue weighted by molar-refractivity contribution is 0.282. The Kier molecular flexibility index (Phi) is 4.74. The zero-order valence-corrected chi connectivity index (χ0v) is 13.7. The lowest BCUT2D eigenvalue weighted by Gasteiger charge is -2.44. The van der Waals surface area contributed by atoms with Crippen LogP contribution in [0.2, 0.25) is 0 Å². The van der Waals surface area contributed by atoms with E-state index in [0.29, 0.717) is 18.0 Å². The molecule has 0 aliphatic carbocycles. The maximum Gasteiger partial charge on any atom is 0.133 e. The van der Waals surface area contributed by atoms with Gasteiger partial charge >= 0.3 is 0 Å². The van der Waals surface area contributed by atoms with Crippen molar-refractivity contribution in [2.75, 3.05) is 25.6 Å². The van der Waals surface area contributed by atoms with Gasteiger partial charge in [0.1, 0.15) is 5.75 Å². The Hall–Kier alpha value is -0.740. The molecule has 0 bridgehead atoms. The third kappa shape index (κ3) is 2.90. The number of nitrogens with one attached hydrogen (secondary N) is 1. The van der Waals surface area contributed by atoms with Gasteiger partial charge in [-0.25, -0.2) is 0 Å². The summed E-state index contributed by atoms with van der Waals surface area (Å²) in [6.45, 7) is 5.73. The number of piperidine rings is 1. The summed E-state index contributed by atoms with van der Waals surface area (Å²) in [7, 11) is 3.76. The molecule has 1 fully saturated rings. The topological polar surface area (TPSA) is 24.5 Å². The minimum Gasteiger partial charge on any atom is -0.496 e. The summed E-state index contributed by atoms with van der Waals surface area (Å²) >= 11 is 3.57. The minimum atomic E-state index is 0.534. The van der Waals surface area contributed by atoms with Gasteiger partial charge in [-0.2, -0.15) is 0 Å². The van der Waals surface area contributed by atoms with Crippen molar-refractivity contribution < 1.29 is 4.74 Å². The smallest absolute Gasteiger partial charge is 0.133 e. The highest BCUT2D eigenvalue weighted by Gasteiger charge is 2.31. The second kappa shape index (κ2) is 6.14. The van der Waals surface area contributed by atoms with Crippen molar-refractivity contribution in [3.63, 3.8) is 0 Å². The second-order valence-electron chi connectivity index (χ2n) is 5.30. The van der Waals surface area contributed by atoms with E-state index in [0.717, 1.165) is 16.8 Å². The molecule has 1 aromatic rings. The zero-order valence-electron chi connectivity index (χ0n) is 12.1. The first-order valence-corrected chi connectivity index (χ1v) is 7.65. The second-order valence-corrected chi connectivity index (χ2v) is 6.15. The maximum absolute atomic E-state index is 5.29. The van der Waals surface area contributed by atoms with Crippen LogP contribution in [0, 0.1) is 5.92 Å². The van der Waals surface area contributed by atoms with E-state index >= 15 is 0 Å². The van der Waals surface area contributed by atoms with Crippen molar-refractivity contribution >= 4 is 21.6 Å². The molecule has 0 spiro atoms. The summed E-state index contributed by atoms with van der Waals surface area (Å²) in [5.41, 5.74) is 1.27. The number of rotatable bonds is 3. The van der Waals surface area contributed by atoms with Crippen molar-refractivity contribution in [2.24, 2.45) is 5.92 Å². The highest BCUT2D eigenvalue weighted by molar-refractivity contribution is 9.10. The Morgan fingerprint density at radius 3 is 2.68 bits per heavy atom. The summed E-state index contributed by atoms with van der Waals surface area (Å²) in [4.78, 5) is 2.49. The van der Waals surface area contributed by atoms with Crippen LogP contribution in [0.3, 0.4) is 0 Å². The first kappa shape index (κ1) is 14.7. The van der Waals surface area contributed by atoms with Gasteiger partial charge in [-0.3, -0.25) is 0 Å². The van der Waals surface area contributed by atoms with Gasteiger partial charge in [-0.05, 0) is 60.4 Å². The van der Waals surface area contributed by atoms with E-state index in [4.69, 9.17) is 4.74 Å². The zero-order chi connectivity index (χ0) is 14.0. The fraction of sp³-hybridized carbons (Fsp3) is 0.600. The van der Waals surface area contributed by atoms with Crippen LogP contribution in [0.5, 0.6) is 5.75 Å². The highest BCUT2D eigenvalue weighted by Crippen LogP contribution is 2.33. The fourth-order valence-corrected chi connectivity index (χ4v) is 3.50. The largest absolute Gasteiger partial charge is 0.496 e. The summed E-state index contributed by atoms with van der Waals surface area (Å²) < 4.78 is 6.31. The standard InChI is InChI=1S/C15H23BrN2O/c1-10-11(2)18(8-7-14(10)17-3)12-5-6-15(19-4)13(16)9-12/h5-6,9-11,14,17H,7-8H2,1-4H3. The van der Waals surface area contributed by atoms with E-state index in [1.807, 2.05) is 6.07 Å². The fourth-order valence-electron chi connectivity index (χ4n) is 2.97. The van der Waals surface area contributed by atoms with Crippen molar-refractivity contribution in [1.82, 2.24) is 5.32 Å². The summed E-state index contributed by atoms with van der Waals surface area (Å²) in [5.74, 6) is 1.52. The lowest BCUT2D eigenvalue weighted by Crippen LogP contribution is -2.52. The molecule has 0 amide bonds. The Bertz CT molecular complexity index is 438. The molecule has 0 saturated carbocycles. The van der Waals surface area contributed by atoms with Crippen molar-refractivity contribution in [3.05, 3.63) is 22.7 Å². The Morgan fingerprint density at radius 1 is 1.37 bits per heavy atom. The third-order valence-corrected chi connectivity index (χ3v) is 5.03. The Balaban J connectivity index is 2.20. The molecule has 3 atom stereocenters. The van der Waals surface area contributed by atoms with E-state index in [9.17, 15) is 0 Å². The Morgan fingerprint density at radius 2 is 2.11 bits per heavy atom. The van der Waals surface area contributed by atoms with E-state index in [1.165, 1.54) is 12.1 Å². The van der Waals surface area contributed by atoms with Gasteiger partial charge in [-0.1, -0.05) is 6.92 Å². The monoisotopic (exact) mass is 326 g/mol. The van der Waals surface area contributed by atoms with Gasteiger partial charge < -0.3 is 15.0 Å². The molecule has 1 aromatic carbocycles. The maximum atomic E-state index is 5.29. The van der Waals surface area contributed by atoms with E-state index in [2.05, 4.69) is 59.2 Å². The molecule has 106 valence electrons. The van der Waals surface area contributed by atoms with Crippen LogP contribution in [-0.4, -0.2) is 32.8 Å². The molecule has 3 unspecified atom stereocenters. The van der Waals surface area contributed by atoms with Gasteiger partial charge in [0.2, 0.25) is 0 Å².